The zero-order valence-electron chi connectivity index (χ0n) is 21.0. The van der Waals surface area contributed by atoms with Crippen molar-refractivity contribution in [1.29, 1.82) is 0 Å². The number of pyridine rings is 1. The van der Waals surface area contributed by atoms with Crippen LogP contribution >= 0.6 is 0 Å². The summed E-state index contributed by atoms with van der Waals surface area (Å²) in [6.07, 6.45) is 1.81. The van der Waals surface area contributed by atoms with Crippen molar-refractivity contribution in [2.24, 2.45) is 0 Å². The van der Waals surface area contributed by atoms with E-state index in [0.29, 0.717) is 5.69 Å². The maximum atomic E-state index is 12.1. The number of hydrogen-bond acceptors (Lipinski definition) is 3. The van der Waals surface area contributed by atoms with Gasteiger partial charge in [0.25, 0.3) is 0 Å². The molecule has 0 atom stereocenters. The molecule has 3 aromatic heterocycles. The van der Waals surface area contributed by atoms with Gasteiger partial charge in [-0.15, -0.1) is 5.52 Å². The largest absolute Gasteiger partial charge is 0.663 e. The fraction of sp³-hybridized carbons (Fsp3) is 0. The molecule has 7 heteroatoms. The van der Waals surface area contributed by atoms with Crippen molar-refractivity contribution in [3.8, 4) is 39.5 Å². The molecular formula is C33H21N4O2Pt-. The molecule has 196 valence electrons. The van der Waals surface area contributed by atoms with E-state index in [0.717, 1.165) is 55.7 Å². The molecule has 1 N–H and O–H groups in total. The number of imidazole rings is 1. The van der Waals surface area contributed by atoms with Crippen molar-refractivity contribution >= 4 is 27.9 Å². The molecule has 0 saturated heterocycles. The van der Waals surface area contributed by atoms with Crippen molar-refractivity contribution in [2.75, 3.05) is 0 Å². The van der Waals surface area contributed by atoms with Gasteiger partial charge in [0.2, 0.25) is 0 Å². The van der Waals surface area contributed by atoms with Gasteiger partial charge in [-0.25, -0.2) is 14.8 Å². The molecule has 7 rings (SSSR count). The summed E-state index contributed by atoms with van der Waals surface area (Å²) in [5.74, 6) is -0.323. The molecule has 4 aromatic carbocycles. The molecular weight excluding hydrogens is 679 g/mol. The van der Waals surface area contributed by atoms with E-state index < -0.39 is 5.97 Å². The fourth-order valence-corrected chi connectivity index (χ4v) is 5.11. The molecule has 40 heavy (non-hydrogen) atoms. The van der Waals surface area contributed by atoms with Crippen molar-refractivity contribution in [3.63, 3.8) is 0 Å². The van der Waals surface area contributed by atoms with E-state index in [1.807, 2.05) is 115 Å². The van der Waals surface area contributed by atoms with E-state index in [9.17, 15) is 9.90 Å². The first-order valence-electron chi connectivity index (χ1n) is 12.6. The zero-order valence-corrected chi connectivity index (χ0v) is 23.3. The average Bonchev–Trinajstić information content (AvgIpc) is 3.63. The van der Waals surface area contributed by atoms with E-state index in [2.05, 4.69) is 14.5 Å². The van der Waals surface area contributed by atoms with E-state index in [4.69, 9.17) is 4.98 Å². The third-order valence-electron chi connectivity index (χ3n) is 6.89. The standard InChI is InChI=1S/C33H22N4O2.Pt/c38-33(39)28-20-23(21-9-3-1-4-10-21)19-27(35-28)25-14-8-16-29-31(25)36-32(37(29)24-12-5-2-6-13-24)26-15-7-11-22-17-18-34-30(22)26;/h1-20H,(H2,34,35,36,38,39);/p-1. The van der Waals surface area contributed by atoms with Gasteiger partial charge in [-0.1, -0.05) is 84.9 Å². The van der Waals surface area contributed by atoms with Crippen LogP contribution in [0.25, 0.3) is 61.4 Å². The summed E-state index contributed by atoms with van der Waals surface area (Å²) in [5.41, 5.74) is 7.37. The van der Waals surface area contributed by atoms with Crippen LogP contribution in [-0.2, 0) is 21.1 Å². The number of carboxylic acids is 1. The Kier molecular flexibility index (Phi) is 6.62. The van der Waals surface area contributed by atoms with Crippen LogP contribution in [0.4, 0.5) is 0 Å². The Bertz CT molecular complexity index is 2000. The third kappa shape index (κ3) is 4.33. The zero-order chi connectivity index (χ0) is 26.3. The molecule has 3 heterocycles. The van der Waals surface area contributed by atoms with Crippen LogP contribution in [0.3, 0.4) is 0 Å². The Morgan fingerprint density at radius 1 is 0.725 bits per heavy atom. The van der Waals surface area contributed by atoms with Gasteiger partial charge in [0.05, 0.1) is 16.7 Å². The Balaban J connectivity index is 0.00000289. The number of hydrogen-bond donors (Lipinski definition) is 1. The number of benzene rings is 4. The van der Waals surface area contributed by atoms with Gasteiger partial charge in [0.1, 0.15) is 11.5 Å². The number of aromatic carboxylic acids is 1. The SMILES string of the molecule is O=C(O)c1cc(-c2ccccc2)cc(-c2cccc3c2nc(-c2cccc4cc[n-]c24)n3-c2ccccc2)n1.[Pt]. The minimum absolute atomic E-state index is 0. The minimum atomic E-state index is -1.08. The van der Waals surface area contributed by atoms with Gasteiger partial charge in [-0.2, -0.15) is 6.20 Å². The number of aromatic nitrogens is 4. The molecule has 0 fully saturated rings. The topological polar surface area (TPSA) is 82.1 Å². The Morgan fingerprint density at radius 3 is 2.23 bits per heavy atom. The van der Waals surface area contributed by atoms with Crippen LogP contribution in [0.15, 0.2) is 121 Å². The second-order valence-corrected chi connectivity index (χ2v) is 9.27. The summed E-state index contributed by atoms with van der Waals surface area (Å²) in [6, 6.07) is 37.3. The van der Waals surface area contributed by atoms with Crippen LogP contribution in [0.2, 0.25) is 0 Å². The number of para-hydroxylation sites is 3. The van der Waals surface area contributed by atoms with Gasteiger partial charge in [0, 0.05) is 37.9 Å². The molecule has 0 amide bonds. The number of fused-ring (bicyclic) bond motifs is 2. The van der Waals surface area contributed by atoms with Gasteiger partial charge in [0.15, 0.2) is 0 Å². The molecule has 0 saturated carbocycles. The minimum Gasteiger partial charge on any atom is -0.663 e. The van der Waals surface area contributed by atoms with Gasteiger partial charge < -0.3 is 10.1 Å². The first kappa shape index (κ1) is 25.5. The monoisotopic (exact) mass is 700 g/mol. The normalized spacial score (nSPS) is 11.0. The van der Waals surface area contributed by atoms with Crippen LogP contribution in [-0.4, -0.2) is 25.6 Å². The van der Waals surface area contributed by atoms with Crippen molar-refractivity contribution < 1.29 is 31.0 Å². The molecule has 0 unspecified atom stereocenters. The second-order valence-electron chi connectivity index (χ2n) is 9.27. The number of carboxylic acid groups (broad SMARTS) is 1. The van der Waals surface area contributed by atoms with Crippen LogP contribution in [0, 0.1) is 0 Å². The maximum absolute atomic E-state index is 12.1. The van der Waals surface area contributed by atoms with Gasteiger partial charge >= 0.3 is 5.97 Å². The Morgan fingerprint density at radius 2 is 1.45 bits per heavy atom. The van der Waals surface area contributed by atoms with Crippen molar-refractivity contribution in [1.82, 2.24) is 19.5 Å². The first-order chi connectivity index (χ1) is 19.2. The van der Waals surface area contributed by atoms with Crippen LogP contribution in [0.5, 0.6) is 0 Å². The quantitative estimate of drug-likeness (QED) is 0.205. The second kappa shape index (κ2) is 10.4. The first-order valence-corrected chi connectivity index (χ1v) is 12.6. The fourth-order valence-electron chi connectivity index (χ4n) is 5.11. The Hall–Kier alpha value is -4.80. The summed E-state index contributed by atoms with van der Waals surface area (Å²) in [4.78, 5) is 26.4. The summed E-state index contributed by atoms with van der Waals surface area (Å²) in [5, 5.41) is 10.9. The molecule has 6 nitrogen and oxygen atoms in total. The predicted molar refractivity (Wildman–Crippen MR) is 153 cm³/mol. The van der Waals surface area contributed by atoms with Gasteiger partial charge in [-0.3, -0.25) is 4.57 Å². The van der Waals surface area contributed by atoms with E-state index >= 15 is 0 Å². The summed E-state index contributed by atoms with van der Waals surface area (Å²) >= 11 is 0. The van der Waals surface area contributed by atoms with Crippen molar-refractivity contribution in [2.45, 2.75) is 0 Å². The van der Waals surface area contributed by atoms with E-state index in [1.54, 1.807) is 6.07 Å². The Labute approximate surface area is 244 Å². The van der Waals surface area contributed by atoms with Crippen LogP contribution in [0.1, 0.15) is 10.5 Å². The molecule has 0 aliphatic rings. The predicted octanol–water partition coefficient (Wildman–Crippen LogP) is 7.23. The number of rotatable bonds is 5. The molecule has 0 aliphatic carbocycles. The molecule has 7 aromatic rings. The summed E-state index contributed by atoms with van der Waals surface area (Å²) in [7, 11) is 0. The average molecular weight is 701 g/mol. The maximum Gasteiger partial charge on any atom is 0.354 e. The van der Waals surface area contributed by atoms with Crippen LogP contribution < -0.4 is 4.98 Å². The molecule has 0 aliphatic heterocycles. The van der Waals surface area contributed by atoms with E-state index in [-0.39, 0.29) is 26.8 Å². The third-order valence-corrected chi connectivity index (χ3v) is 6.89. The van der Waals surface area contributed by atoms with Crippen molar-refractivity contribution in [3.05, 3.63) is 127 Å². The number of nitrogens with zero attached hydrogens (tertiary/aromatic N) is 4. The molecule has 0 radical (unpaired) electrons. The van der Waals surface area contributed by atoms with E-state index in [1.165, 1.54) is 0 Å². The molecule has 0 spiro atoms. The number of carbonyl (C=O) groups is 1. The van der Waals surface area contributed by atoms with Gasteiger partial charge in [-0.05, 0) is 46.8 Å². The molecule has 0 bridgehead atoms. The smallest absolute Gasteiger partial charge is 0.354 e. The summed E-state index contributed by atoms with van der Waals surface area (Å²) in [6.45, 7) is 0. The summed E-state index contributed by atoms with van der Waals surface area (Å²) < 4.78 is 2.13.